The van der Waals surface area contributed by atoms with Crippen LogP contribution in [0.15, 0.2) is 18.2 Å². The molecule has 15 heavy (non-hydrogen) atoms. The second kappa shape index (κ2) is 5.23. The molecule has 0 aliphatic carbocycles. The molecule has 1 atom stereocenters. The molecule has 1 N–H and O–H groups in total. The summed E-state index contributed by atoms with van der Waals surface area (Å²) < 4.78 is 40.2. The van der Waals surface area contributed by atoms with Gasteiger partial charge in [0, 0.05) is 10.6 Å². The Kier molecular flexibility index (Phi) is 4.23. The molecule has 1 unspecified atom stereocenters. The van der Waals surface area contributed by atoms with Crippen LogP contribution in [0.1, 0.15) is 11.7 Å². The Labute approximate surface area is 89.2 Å². The molecule has 6 heteroatoms. The first-order valence-electron chi connectivity index (χ1n) is 4.03. The number of rotatable bonds is 4. The fourth-order valence-electron chi connectivity index (χ4n) is 1.07. The van der Waals surface area contributed by atoms with Crippen LogP contribution in [0.5, 0.6) is 5.75 Å². The molecule has 0 spiro atoms. The van der Waals surface area contributed by atoms with E-state index in [1.54, 1.807) is 0 Å². The highest BCUT2D eigenvalue weighted by Crippen LogP contribution is 2.29. The lowest BCUT2D eigenvalue weighted by Crippen LogP contribution is -2.08. The van der Waals surface area contributed by atoms with Gasteiger partial charge in [-0.25, -0.2) is 4.39 Å². The first kappa shape index (κ1) is 12.1. The van der Waals surface area contributed by atoms with Crippen LogP contribution in [0.3, 0.4) is 0 Å². The van der Waals surface area contributed by atoms with Crippen molar-refractivity contribution in [3.63, 3.8) is 0 Å². The number of benzene rings is 1. The predicted octanol–water partition coefficient (Wildman–Crippen LogP) is 2.94. The van der Waals surface area contributed by atoms with Crippen molar-refractivity contribution in [1.82, 2.24) is 0 Å². The number of aliphatic hydroxyl groups is 1. The molecule has 2 nitrogen and oxygen atoms in total. The number of ether oxygens (including phenoxy) is 1. The van der Waals surface area contributed by atoms with E-state index in [1.165, 1.54) is 12.1 Å². The summed E-state index contributed by atoms with van der Waals surface area (Å²) in [5.74, 6) is -0.278. The average molecular weight is 241 g/mol. The van der Waals surface area contributed by atoms with Gasteiger partial charge in [-0.05, 0) is 18.2 Å². The molecule has 0 bridgehead atoms. The molecular weight excluding hydrogens is 233 g/mol. The van der Waals surface area contributed by atoms with Crippen LogP contribution < -0.4 is 4.74 Å². The standard InChI is InChI=1S/C9H8ClF3O2/c10-5-1-2-8(15-9(12)13)6(3-5)7(14)4-11/h1-3,7,9,14H,4H2. The molecule has 0 amide bonds. The van der Waals surface area contributed by atoms with Crippen molar-refractivity contribution in [1.29, 1.82) is 0 Å². The normalized spacial score (nSPS) is 12.9. The van der Waals surface area contributed by atoms with Gasteiger partial charge in [0.1, 0.15) is 18.5 Å². The SMILES string of the molecule is OC(CF)c1cc(Cl)ccc1OC(F)F. The van der Waals surface area contributed by atoms with Crippen molar-refractivity contribution in [2.75, 3.05) is 6.67 Å². The molecule has 0 heterocycles. The van der Waals surface area contributed by atoms with Gasteiger partial charge in [0.25, 0.3) is 0 Å². The smallest absolute Gasteiger partial charge is 0.387 e. The van der Waals surface area contributed by atoms with Gasteiger partial charge in [-0.15, -0.1) is 0 Å². The van der Waals surface area contributed by atoms with Crippen LogP contribution >= 0.6 is 11.6 Å². The molecule has 0 aliphatic heterocycles. The summed E-state index contributed by atoms with van der Waals surface area (Å²) in [6.45, 7) is -4.13. The summed E-state index contributed by atoms with van der Waals surface area (Å²) in [4.78, 5) is 0. The third-order valence-corrected chi connectivity index (χ3v) is 1.93. The zero-order valence-electron chi connectivity index (χ0n) is 7.46. The van der Waals surface area contributed by atoms with E-state index in [2.05, 4.69) is 4.74 Å². The lowest BCUT2D eigenvalue weighted by molar-refractivity contribution is -0.0517. The molecule has 1 rings (SSSR count). The minimum atomic E-state index is -3.03. The van der Waals surface area contributed by atoms with Crippen LogP contribution in [0, 0.1) is 0 Å². The van der Waals surface area contributed by atoms with Gasteiger partial charge in [0.2, 0.25) is 0 Å². The van der Waals surface area contributed by atoms with E-state index >= 15 is 0 Å². The zero-order chi connectivity index (χ0) is 11.4. The summed E-state index contributed by atoms with van der Waals surface area (Å²) >= 11 is 5.58. The van der Waals surface area contributed by atoms with Gasteiger partial charge in [-0.3, -0.25) is 0 Å². The molecular formula is C9H8ClF3O2. The summed E-state index contributed by atoms with van der Waals surface area (Å²) in [7, 11) is 0. The van der Waals surface area contributed by atoms with Crippen molar-refractivity contribution in [2.45, 2.75) is 12.7 Å². The molecule has 0 saturated heterocycles. The summed E-state index contributed by atoms with van der Waals surface area (Å²) in [5, 5.41) is 9.40. The Morgan fingerprint density at radius 2 is 2.07 bits per heavy atom. The van der Waals surface area contributed by atoms with Crippen molar-refractivity contribution in [3.05, 3.63) is 28.8 Å². The van der Waals surface area contributed by atoms with E-state index < -0.39 is 19.4 Å². The van der Waals surface area contributed by atoms with E-state index in [4.69, 9.17) is 11.6 Å². The van der Waals surface area contributed by atoms with Gasteiger partial charge < -0.3 is 9.84 Å². The van der Waals surface area contributed by atoms with Crippen molar-refractivity contribution in [3.8, 4) is 5.75 Å². The van der Waals surface area contributed by atoms with Crippen LogP contribution in [0.25, 0.3) is 0 Å². The van der Waals surface area contributed by atoms with E-state index in [0.717, 1.165) is 6.07 Å². The molecule has 0 aliphatic rings. The maximum absolute atomic E-state index is 12.2. The molecule has 0 saturated carbocycles. The van der Waals surface area contributed by atoms with Crippen molar-refractivity contribution >= 4 is 11.6 Å². The molecule has 0 fully saturated rings. The van der Waals surface area contributed by atoms with Gasteiger partial charge in [-0.1, -0.05) is 11.6 Å². The van der Waals surface area contributed by atoms with Crippen LogP contribution in [0.4, 0.5) is 13.2 Å². The van der Waals surface area contributed by atoms with Gasteiger partial charge >= 0.3 is 6.61 Å². The third-order valence-electron chi connectivity index (χ3n) is 1.69. The van der Waals surface area contributed by atoms with Gasteiger partial charge in [0.15, 0.2) is 0 Å². The van der Waals surface area contributed by atoms with E-state index in [-0.39, 0.29) is 16.3 Å². The van der Waals surface area contributed by atoms with Gasteiger partial charge in [-0.2, -0.15) is 8.78 Å². The minimum Gasteiger partial charge on any atom is -0.434 e. The highest BCUT2D eigenvalue weighted by molar-refractivity contribution is 6.30. The lowest BCUT2D eigenvalue weighted by Gasteiger charge is -2.13. The zero-order valence-corrected chi connectivity index (χ0v) is 8.22. The van der Waals surface area contributed by atoms with E-state index in [0.29, 0.717) is 0 Å². The number of aliphatic hydroxyl groups excluding tert-OH is 1. The highest BCUT2D eigenvalue weighted by atomic mass is 35.5. The number of hydrogen-bond donors (Lipinski definition) is 1. The Morgan fingerprint density at radius 3 is 2.60 bits per heavy atom. The second-order valence-electron chi connectivity index (χ2n) is 2.73. The fraction of sp³-hybridized carbons (Fsp3) is 0.333. The summed E-state index contributed by atoms with van der Waals surface area (Å²) in [6.07, 6.45) is -1.52. The molecule has 0 radical (unpaired) electrons. The molecule has 84 valence electrons. The van der Waals surface area contributed by atoms with Crippen molar-refractivity contribution in [2.24, 2.45) is 0 Å². The quantitative estimate of drug-likeness (QED) is 0.877. The van der Waals surface area contributed by atoms with Crippen LogP contribution in [0.2, 0.25) is 5.02 Å². The number of halogens is 4. The highest BCUT2D eigenvalue weighted by Gasteiger charge is 2.16. The Balaban J connectivity index is 3.02. The summed E-state index contributed by atoms with van der Waals surface area (Å²) in [5.41, 5.74) is -0.0923. The van der Waals surface area contributed by atoms with Crippen LogP contribution in [-0.4, -0.2) is 18.4 Å². The Hall–Kier alpha value is -0.940. The molecule has 1 aromatic carbocycles. The lowest BCUT2D eigenvalue weighted by atomic mass is 10.1. The first-order chi connectivity index (χ1) is 7.04. The third kappa shape index (κ3) is 3.28. The molecule has 0 aromatic heterocycles. The summed E-state index contributed by atoms with van der Waals surface area (Å²) in [6, 6.07) is 3.65. The van der Waals surface area contributed by atoms with Crippen molar-refractivity contribution < 1.29 is 23.0 Å². The maximum Gasteiger partial charge on any atom is 0.387 e. The first-order valence-corrected chi connectivity index (χ1v) is 4.40. The topological polar surface area (TPSA) is 29.5 Å². The fourth-order valence-corrected chi connectivity index (χ4v) is 1.25. The predicted molar refractivity (Wildman–Crippen MR) is 49.0 cm³/mol. The maximum atomic E-state index is 12.2. The average Bonchev–Trinajstić information content (AvgIpc) is 2.19. The second-order valence-corrected chi connectivity index (χ2v) is 3.17. The van der Waals surface area contributed by atoms with Gasteiger partial charge in [0.05, 0.1) is 0 Å². The van der Waals surface area contributed by atoms with Crippen LogP contribution in [-0.2, 0) is 0 Å². The number of hydrogen-bond acceptors (Lipinski definition) is 2. The van der Waals surface area contributed by atoms with E-state index in [9.17, 15) is 18.3 Å². The largest absolute Gasteiger partial charge is 0.434 e. The monoisotopic (exact) mass is 240 g/mol. The Bertz CT molecular complexity index is 333. The van der Waals surface area contributed by atoms with E-state index in [1.807, 2.05) is 0 Å². The number of alkyl halides is 3. The minimum absolute atomic E-state index is 0.0923. The molecule has 1 aromatic rings. The Morgan fingerprint density at radius 1 is 1.40 bits per heavy atom.